The summed E-state index contributed by atoms with van der Waals surface area (Å²) >= 11 is 0. The first-order valence-corrected chi connectivity index (χ1v) is 7.96. The van der Waals surface area contributed by atoms with Gasteiger partial charge in [0.25, 0.3) is 0 Å². The molecule has 114 valence electrons. The minimum atomic E-state index is -0.142. The molecule has 0 aromatic rings. The number of hydrogen-bond donors (Lipinski definition) is 0. The molecular formula is C15H26N2O3. The molecule has 0 N–H and O–H groups in total. The highest BCUT2D eigenvalue weighted by Crippen LogP contribution is 2.30. The first-order chi connectivity index (χ1) is 9.70. The van der Waals surface area contributed by atoms with Crippen molar-refractivity contribution in [2.45, 2.75) is 44.3 Å². The second-order valence-corrected chi connectivity index (χ2v) is 6.52. The van der Waals surface area contributed by atoms with Gasteiger partial charge in [-0.25, -0.2) is 4.79 Å². The third-order valence-corrected chi connectivity index (χ3v) is 4.60. The maximum Gasteiger partial charge on any atom is 0.410 e. The molecule has 3 aliphatic rings. The molecular weight excluding hydrogens is 256 g/mol. The van der Waals surface area contributed by atoms with Crippen LogP contribution in [0.3, 0.4) is 0 Å². The predicted octanol–water partition coefficient (Wildman–Crippen LogP) is 1.72. The Kier molecular flexibility index (Phi) is 4.46. The zero-order valence-electron chi connectivity index (χ0n) is 12.4. The largest absolute Gasteiger partial charge is 0.446 e. The molecule has 2 saturated heterocycles. The maximum atomic E-state index is 12.1. The van der Waals surface area contributed by atoms with E-state index in [2.05, 4.69) is 11.9 Å². The summed E-state index contributed by atoms with van der Waals surface area (Å²) in [6.45, 7) is 4.40. The molecule has 3 rings (SSSR count). The van der Waals surface area contributed by atoms with Crippen molar-refractivity contribution in [1.29, 1.82) is 0 Å². The minimum absolute atomic E-state index is 0.102. The van der Waals surface area contributed by atoms with Crippen molar-refractivity contribution in [2.24, 2.45) is 5.92 Å². The molecule has 0 spiro atoms. The van der Waals surface area contributed by atoms with Gasteiger partial charge in [-0.05, 0) is 45.1 Å². The van der Waals surface area contributed by atoms with Crippen molar-refractivity contribution in [1.82, 2.24) is 9.80 Å². The fourth-order valence-corrected chi connectivity index (χ4v) is 2.91. The van der Waals surface area contributed by atoms with Crippen LogP contribution in [0.4, 0.5) is 4.79 Å². The number of nitrogens with zero attached hydrogens (tertiary/aromatic N) is 2. The molecule has 1 aliphatic carbocycles. The van der Waals surface area contributed by atoms with Crippen LogP contribution in [0, 0.1) is 5.92 Å². The summed E-state index contributed by atoms with van der Waals surface area (Å²) in [5, 5.41) is 0. The molecule has 0 radical (unpaired) electrons. The fraction of sp³-hybridized carbons (Fsp3) is 0.933. The number of piperidine rings is 1. The van der Waals surface area contributed by atoms with Crippen LogP contribution in [-0.2, 0) is 9.47 Å². The lowest BCUT2D eigenvalue weighted by molar-refractivity contribution is 0.0263. The quantitative estimate of drug-likeness (QED) is 0.787. The molecule has 5 heteroatoms. The summed E-state index contributed by atoms with van der Waals surface area (Å²) in [5.41, 5.74) is 0. The third kappa shape index (κ3) is 3.85. The smallest absolute Gasteiger partial charge is 0.410 e. The van der Waals surface area contributed by atoms with Crippen molar-refractivity contribution in [3.8, 4) is 0 Å². The zero-order chi connectivity index (χ0) is 13.9. The van der Waals surface area contributed by atoms with Crippen LogP contribution in [0.1, 0.15) is 32.1 Å². The van der Waals surface area contributed by atoms with Crippen LogP contribution in [-0.4, -0.2) is 67.9 Å². The van der Waals surface area contributed by atoms with E-state index in [-0.39, 0.29) is 18.3 Å². The molecule has 0 unspecified atom stereocenters. The molecule has 1 saturated carbocycles. The highest BCUT2D eigenvalue weighted by Gasteiger charge is 2.31. The standard InChI is InChI=1S/C15H26N2O3/c1-16-7-4-13(5-8-16)20-15(18)17-9-6-14(10-17)19-11-12-2-3-12/h12-14H,2-11H2,1H3/t14-/m0/s1. The van der Waals surface area contributed by atoms with Gasteiger partial charge >= 0.3 is 6.09 Å². The number of amides is 1. The van der Waals surface area contributed by atoms with Crippen LogP contribution < -0.4 is 0 Å². The maximum absolute atomic E-state index is 12.1. The normalized spacial score (nSPS) is 28.9. The highest BCUT2D eigenvalue weighted by molar-refractivity contribution is 5.68. The van der Waals surface area contributed by atoms with Gasteiger partial charge in [0.2, 0.25) is 0 Å². The third-order valence-electron chi connectivity index (χ3n) is 4.60. The van der Waals surface area contributed by atoms with Crippen molar-refractivity contribution in [3.05, 3.63) is 0 Å². The molecule has 0 bridgehead atoms. The molecule has 1 atom stereocenters. The molecule has 0 aromatic heterocycles. The molecule has 0 aromatic carbocycles. The predicted molar refractivity (Wildman–Crippen MR) is 75.7 cm³/mol. The SMILES string of the molecule is CN1CCC(OC(=O)N2CC[C@H](OCC3CC3)C2)CC1. The van der Waals surface area contributed by atoms with Crippen molar-refractivity contribution in [2.75, 3.05) is 39.8 Å². The van der Waals surface area contributed by atoms with E-state index in [1.54, 1.807) is 0 Å². The van der Waals surface area contributed by atoms with Gasteiger partial charge in [-0.15, -0.1) is 0 Å². The van der Waals surface area contributed by atoms with Crippen LogP contribution >= 0.6 is 0 Å². The highest BCUT2D eigenvalue weighted by atomic mass is 16.6. The van der Waals surface area contributed by atoms with Crippen molar-refractivity contribution < 1.29 is 14.3 Å². The number of rotatable bonds is 4. The van der Waals surface area contributed by atoms with E-state index < -0.39 is 0 Å². The second-order valence-electron chi connectivity index (χ2n) is 6.52. The summed E-state index contributed by atoms with van der Waals surface area (Å²) in [4.78, 5) is 16.2. The van der Waals surface area contributed by atoms with Crippen molar-refractivity contribution >= 4 is 6.09 Å². The van der Waals surface area contributed by atoms with Gasteiger partial charge in [-0.1, -0.05) is 0 Å². The van der Waals surface area contributed by atoms with Crippen molar-refractivity contribution in [3.63, 3.8) is 0 Å². The van der Waals surface area contributed by atoms with Gasteiger partial charge in [0.05, 0.1) is 12.6 Å². The Hall–Kier alpha value is -0.810. The minimum Gasteiger partial charge on any atom is -0.446 e. The van der Waals surface area contributed by atoms with E-state index >= 15 is 0 Å². The Bertz CT molecular complexity index is 338. The average molecular weight is 282 g/mol. The van der Waals surface area contributed by atoms with E-state index in [0.29, 0.717) is 6.54 Å². The van der Waals surface area contributed by atoms with Gasteiger partial charge in [0.15, 0.2) is 0 Å². The summed E-state index contributed by atoms with van der Waals surface area (Å²) < 4.78 is 11.5. The lowest BCUT2D eigenvalue weighted by Crippen LogP contribution is -2.39. The number of ether oxygens (including phenoxy) is 2. The zero-order valence-corrected chi connectivity index (χ0v) is 12.4. The summed E-state index contributed by atoms with van der Waals surface area (Å²) in [6, 6.07) is 0. The van der Waals surface area contributed by atoms with Gasteiger partial charge in [0, 0.05) is 26.2 Å². The first kappa shape index (κ1) is 14.1. The number of likely N-dealkylation sites (tertiary alicyclic amines) is 2. The van der Waals surface area contributed by atoms with E-state index in [1.165, 1.54) is 12.8 Å². The molecule has 5 nitrogen and oxygen atoms in total. The lowest BCUT2D eigenvalue weighted by Gasteiger charge is -2.29. The van der Waals surface area contributed by atoms with Crippen LogP contribution in [0.5, 0.6) is 0 Å². The lowest BCUT2D eigenvalue weighted by atomic mass is 10.1. The Morgan fingerprint density at radius 1 is 1.05 bits per heavy atom. The van der Waals surface area contributed by atoms with Gasteiger partial charge in [0.1, 0.15) is 6.10 Å². The van der Waals surface area contributed by atoms with Crippen LogP contribution in [0.25, 0.3) is 0 Å². The number of hydrogen-bond acceptors (Lipinski definition) is 4. The molecule has 2 heterocycles. The van der Waals surface area contributed by atoms with E-state index in [9.17, 15) is 4.79 Å². The summed E-state index contributed by atoms with van der Waals surface area (Å²) in [7, 11) is 2.11. The Labute approximate surface area is 121 Å². The number of carbonyl (C=O) groups excluding carboxylic acids is 1. The Balaban J connectivity index is 1.37. The molecule has 3 fully saturated rings. The van der Waals surface area contributed by atoms with Gasteiger partial charge in [-0.3, -0.25) is 0 Å². The monoisotopic (exact) mass is 282 g/mol. The Morgan fingerprint density at radius 2 is 1.75 bits per heavy atom. The topological polar surface area (TPSA) is 42.0 Å². The average Bonchev–Trinajstić information content (AvgIpc) is 3.15. The Morgan fingerprint density at radius 3 is 2.45 bits per heavy atom. The molecule has 20 heavy (non-hydrogen) atoms. The van der Waals surface area contributed by atoms with E-state index in [0.717, 1.165) is 51.4 Å². The summed E-state index contributed by atoms with van der Waals surface area (Å²) in [6.07, 6.45) is 5.68. The first-order valence-electron chi connectivity index (χ1n) is 7.96. The van der Waals surface area contributed by atoms with Gasteiger partial charge in [-0.2, -0.15) is 0 Å². The summed E-state index contributed by atoms with van der Waals surface area (Å²) in [5.74, 6) is 0.787. The second kappa shape index (κ2) is 6.31. The molecule has 1 amide bonds. The van der Waals surface area contributed by atoms with Gasteiger partial charge < -0.3 is 19.3 Å². The van der Waals surface area contributed by atoms with Crippen LogP contribution in [0.15, 0.2) is 0 Å². The molecule has 2 aliphatic heterocycles. The fourth-order valence-electron chi connectivity index (χ4n) is 2.91. The van der Waals surface area contributed by atoms with E-state index in [1.807, 2.05) is 4.90 Å². The number of carbonyl (C=O) groups is 1. The van der Waals surface area contributed by atoms with Crippen LogP contribution in [0.2, 0.25) is 0 Å². The van der Waals surface area contributed by atoms with E-state index in [4.69, 9.17) is 9.47 Å².